The molecule has 2 unspecified atom stereocenters. The monoisotopic (exact) mass is 605 g/mol. The van der Waals surface area contributed by atoms with Crippen LogP contribution < -0.4 is 10.6 Å². The molecule has 10 heteroatoms. The number of amides is 3. The minimum Gasteiger partial charge on any atom is -0.361 e. The highest BCUT2D eigenvalue weighted by atomic mass is 19.4. The number of anilines is 1. The van der Waals surface area contributed by atoms with Gasteiger partial charge in [0.15, 0.2) is 0 Å². The molecule has 232 valence electrons. The number of rotatable bonds is 8. The van der Waals surface area contributed by atoms with Crippen molar-refractivity contribution in [2.45, 2.75) is 50.4 Å². The summed E-state index contributed by atoms with van der Waals surface area (Å²) < 4.78 is 40.9. The van der Waals surface area contributed by atoms with Gasteiger partial charge in [-0.05, 0) is 73.8 Å². The molecule has 5 rings (SSSR count). The zero-order valence-electron chi connectivity index (χ0n) is 25.1. The van der Waals surface area contributed by atoms with Crippen LogP contribution in [-0.2, 0) is 17.5 Å². The van der Waals surface area contributed by atoms with Crippen LogP contribution in [0.3, 0.4) is 0 Å². The second-order valence-corrected chi connectivity index (χ2v) is 11.8. The first-order chi connectivity index (χ1) is 21.0. The van der Waals surface area contributed by atoms with Gasteiger partial charge in [0.2, 0.25) is 5.91 Å². The van der Waals surface area contributed by atoms with Crippen molar-refractivity contribution in [3.8, 4) is 0 Å². The number of piperidine rings is 1. The van der Waals surface area contributed by atoms with E-state index in [4.69, 9.17) is 0 Å². The molecule has 1 fully saturated rings. The highest BCUT2D eigenvalue weighted by molar-refractivity contribution is 5.98. The van der Waals surface area contributed by atoms with E-state index >= 15 is 0 Å². The molecular weight excluding hydrogens is 567 g/mol. The molecule has 3 aromatic carbocycles. The molecule has 4 aromatic rings. The first-order valence-corrected chi connectivity index (χ1v) is 14.8. The molecule has 0 bridgehead atoms. The second-order valence-electron chi connectivity index (χ2n) is 11.8. The van der Waals surface area contributed by atoms with Crippen molar-refractivity contribution in [3.63, 3.8) is 0 Å². The van der Waals surface area contributed by atoms with Gasteiger partial charge in [-0.25, -0.2) is 4.79 Å². The number of para-hydroxylation sites is 1. The van der Waals surface area contributed by atoms with Gasteiger partial charge in [0.1, 0.15) is 6.04 Å². The van der Waals surface area contributed by atoms with Crippen LogP contribution in [0.15, 0.2) is 79.0 Å². The number of carbonyl (C=O) groups is 2. The Labute approximate surface area is 255 Å². The molecule has 0 spiro atoms. The third-order valence-electron chi connectivity index (χ3n) is 8.35. The lowest BCUT2D eigenvalue weighted by atomic mass is 9.86. The normalized spacial score (nSPS) is 15.8. The Balaban J connectivity index is 1.34. The van der Waals surface area contributed by atoms with Gasteiger partial charge in [-0.2, -0.15) is 13.2 Å². The van der Waals surface area contributed by atoms with Crippen molar-refractivity contribution in [2.75, 3.05) is 32.5 Å². The molecule has 2 heterocycles. The lowest BCUT2D eigenvalue weighted by Gasteiger charge is -2.35. The zero-order chi connectivity index (χ0) is 31.4. The number of hydrogen-bond donors (Lipinski definition) is 3. The second kappa shape index (κ2) is 13.1. The Morgan fingerprint density at radius 3 is 2.43 bits per heavy atom. The number of nitrogens with zero attached hydrogens (tertiary/aromatic N) is 2. The predicted octanol–water partition coefficient (Wildman–Crippen LogP) is 6.95. The maximum atomic E-state index is 13.8. The molecule has 7 nitrogen and oxygen atoms in total. The zero-order valence-corrected chi connectivity index (χ0v) is 25.1. The summed E-state index contributed by atoms with van der Waals surface area (Å²) >= 11 is 0. The van der Waals surface area contributed by atoms with Gasteiger partial charge in [-0.3, -0.25) is 4.79 Å². The van der Waals surface area contributed by atoms with Crippen LogP contribution in [0.25, 0.3) is 10.9 Å². The molecule has 1 aliphatic heterocycles. The fourth-order valence-corrected chi connectivity index (χ4v) is 6.13. The fourth-order valence-electron chi connectivity index (χ4n) is 6.13. The molecule has 0 radical (unpaired) electrons. The Morgan fingerprint density at radius 1 is 1.00 bits per heavy atom. The van der Waals surface area contributed by atoms with Crippen molar-refractivity contribution >= 4 is 28.5 Å². The van der Waals surface area contributed by atoms with E-state index in [2.05, 4.69) is 15.6 Å². The Bertz CT molecular complexity index is 1610. The van der Waals surface area contributed by atoms with Crippen molar-refractivity contribution in [3.05, 3.63) is 101 Å². The van der Waals surface area contributed by atoms with E-state index in [1.54, 1.807) is 11.0 Å². The van der Waals surface area contributed by atoms with E-state index in [1.165, 1.54) is 12.1 Å². The summed E-state index contributed by atoms with van der Waals surface area (Å²) in [5, 5.41) is 6.93. The van der Waals surface area contributed by atoms with E-state index in [1.807, 2.05) is 80.6 Å². The number of hydrogen-bond acceptors (Lipinski definition) is 3. The largest absolute Gasteiger partial charge is 0.416 e. The van der Waals surface area contributed by atoms with Crippen LogP contribution in [0.5, 0.6) is 0 Å². The number of benzene rings is 3. The van der Waals surface area contributed by atoms with Gasteiger partial charge in [0.25, 0.3) is 0 Å². The number of likely N-dealkylation sites (tertiary alicyclic amines) is 1. The average molecular weight is 606 g/mol. The molecule has 44 heavy (non-hydrogen) atoms. The van der Waals surface area contributed by atoms with Crippen LogP contribution in [-0.4, -0.2) is 59.9 Å². The van der Waals surface area contributed by atoms with Crippen LogP contribution in [0.2, 0.25) is 0 Å². The molecule has 3 amide bonds. The predicted molar refractivity (Wildman–Crippen MR) is 166 cm³/mol. The van der Waals surface area contributed by atoms with Crippen molar-refractivity contribution in [1.29, 1.82) is 0 Å². The fraction of sp³-hybridized carbons (Fsp3) is 0.353. The number of carbonyl (C=O) groups excluding carboxylic acids is 2. The summed E-state index contributed by atoms with van der Waals surface area (Å²) in [5.41, 5.74) is 3.13. The average Bonchev–Trinajstić information content (AvgIpc) is 3.43. The minimum absolute atomic E-state index is 0.266. The van der Waals surface area contributed by atoms with Gasteiger partial charge in [-0.15, -0.1) is 0 Å². The smallest absolute Gasteiger partial charge is 0.361 e. The number of halogens is 3. The molecule has 2 atom stereocenters. The van der Waals surface area contributed by atoms with Crippen LogP contribution in [0, 0.1) is 0 Å². The molecule has 1 saturated heterocycles. The number of urea groups is 1. The molecule has 0 aliphatic carbocycles. The Morgan fingerprint density at radius 2 is 1.70 bits per heavy atom. The van der Waals surface area contributed by atoms with Gasteiger partial charge >= 0.3 is 12.2 Å². The Hall–Kier alpha value is -4.31. The molecular formula is C34H38F3N5O2. The number of nitrogens with one attached hydrogen (secondary N) is 3. The Kier molecular flexibility index (Phi) is 9.29. The summed E-state index contributed by atoms with van der Waals surface area (Å²) in [6, 6.07) is 19.7. The van der Waals surface area contributed by atoms with Crippen molar-refractivity contribution in [1.82, 2.24) is 20.1 Å². The SMILES string of the molecule is CC(c1c[nH]c2ccccc12)C(NC(=O)N1CCC(c2ccccc2C(F)(F)F)CC1)C(=O)Nc1cccc(CN(C)C)c1. The molecule has 3 N–H and O–H groups in total. The van der Waals surface area contributed by atoms with Gasteiger partial charge in [0, 0.05) is 48.3 Å². The number of aromatic amines is 1. The minimum atomic E-state index is -4.43. The summed E-state index contributed by atoms with van der Waals surface area (Å²) in [7, 11) is 3.94. The molecule has 0 saturated carbocycles. The van der Waals surface area contributed by atoms with Crippen LogP contribution >= 0.6 is 0 Å². The van der Waals surface area contributed by atoms with Crippen LogP contribution in [0.4, 0.5) is 23.7 Å². The quantitative estimate of drug-likeness (QED) is 0.203. The number of H-pyrrole nitrogens is 1. The van der Waals surface area contributed by atoms with E-state index < -0.39 is 29.7 Å². The van der Waals surface area contributed by atoms with E-state index in [9.17, 15) is 22.8 Å². The third-order valence-corrected chi connectivity index (χ3v) is 8.35. The van der Waals surface area contributed by atoms with Crippen molar-refractivity contribution in [2.24, 2.45) is 0 Å². The summed E-state index contributed by atoms with van der Waals surface area (Å²) in [6.07, 6.45) is -1.78. The van der Waals surface area contributed by atoms with Crippen LogP contribution in [0.1, 0.15) is 53.9 Å². The van der Waals surface area contributed by atoms with Gasteiger partial charge in [0.05, 0.1) is 5.56 Å². The highest BCUT2D eigenvalue weighted by Crippen LogP contribution is 2.38. The first kappa shape index (κ1) is 31.1. The topological polar surface area (TPSA) is 80.5 Å². The standard InChI is InChI=1S/C34H38F3N5O2/c1-22(28-20-38-30-14-7-5-12-27(28)30)31(32(43)39-25-10-8-9-23(19-25)21-41(2)3)40-33(44)42-17-15-24(16-18-42)26-11-4-6-13-29(26)34(35,36)37/h4-14,19-20,22,24,31,38H,15-18,21H2,1-3H3,(H,39,43)(H,40,44). The molecule has 1 aromatic heterocycles. The van der Waals surface area contributed by atoms with E-state index in [-0.39, 0.29) is 30.5 Å². The lowest BCUT2D eigenvalue weighted by Crippen LogP contribution is -2.53. The van der Waals surface area contributed by atoms with Crippen molar-refractivity contribution < 1.29 is 22.8 Å². The van der Waals surface area contributed by atoms with Gasteiger partial charge < -0.3 is 25.4 Å². The van der Waals surface area contributed by atoms with Gasteiger partial charge in [-0.1, -0.05) is 55.5 Å². The number of aromatic nitrogens is 1. The summed E-state index contributed by atoms with van der Waals surface area (Å²) in [4.78, 5) is 34.3. The third kappa shape index (κ3) is 7.07. The number of fused-ring (bicyclic) bond motifs is 1. The number of alkyl halides is 3. The summed E-state index contributed by atoms with van der Waals surface area (Å²) in [5.74, 6) is -1.06. The maximum absolute atomic E-state index is 13.8. The maximum Gasteiger partial charge on any atom is 0.416 e. The van der Waals surface area contributed by atoms with E-state index in [0.29, 0.717) is 25.1 Å². The lowest BCUT2D eigenvalue weighted by molar-refractivity contribution is -0.138. The van der Waals surface area contributed by atoms with E-state index in [0.717, 1.165) is 28.1 Å². The highest BCUT2D eigenvalue weighted by Gasteiger charge is 2.37. The summed E-state index contributed by atoms with van der Waals surface area (Å²) in [6.45, 7) is 3.18. The first-order valence-electron chi connectivity index (χ1n) is 14.8. The molecule has 1 aliphatic rings.